The normalized spacial score (nSPS) is 20.0. The fourth-order valence-corrected chi connectivity index (χ4v) is 3.41. The molecule has 1 saturated heterocycles. The molecule has 4 rings (SSSR count). The van der Waals surface area contributed by atoms with Crippen molar-refractivity contribution in [3.8, 4) is 5.75 Å². The highest BCUT2D eigenvalue weighted by Gasteiger charge is 2.29. The molecule has 0 radical (unpaired) electrons. The molecule has 6 heteroatoms. The zero-order chi connectivity index (χ0) is 18.8. The predicted molar refractivity (Wildman–Crippen MR) is 101 cm³/mol. The highest BCUT2D eigenvalue weighted by molar-refractivity contribution is 5.91. The number of carbonyl (C=O) groups excluding carboxylic acids is 1. The lowest BCUT2D eigenvalue weighted by atomic mass is 10.0. The Labute approximate surface area is 157 Å². The summed E-state index contributed by atoms with van der Waals surface area (Å²) in [6.45, 7) is 0.920. The van der Waals surface area contributed by atoms with Crippen molar-refractivity contribution in [3.05, 3.63) is 66.1 Å². The van der Waals surface area contributed by atoms with Gasteiger partial charge in [-0.05, 0) is 41.5 Å². The van der Waals surface area contributed by atoms with Gasteiger partial charge in [0.2, 0.25) is 0 Å². The van der Waals surface area contributed by atoms with Crippen molar-refractivity contribution < 1.29 is 19.1 Å². The maximum Gasteiger partial charge on any atom is 0.289 e. The predicted octanol–water partition coefficient (Wildman–Crippen LogP) is 2.55. The first-order valence-electron chi connectivity index (χ1n) is 9.02. The largest absolute Gasteiger partial charge is 0.486 e. The Morgan fingerprint density at radius 3 is 2.78 bits per heavy atom. The number of aliphatic hydroxyl groups excluding tert-OH is 1. The van der Waals surface area contributed by atoms with E-state index in [0.29, 0.717) is 18.7 Å². The van der Waals surface area contributed by atoms with Crippen LogP contribution in [-0.2, 0) is 6.61 Å². The zero-order valence-corrected chi connectivity index (χ0v) is 14.9. The van der Waals surface area contributed by atoms with Gasteiger partial charge < -0.3 is 24.9 Å². The molecule has 1 amide bonds. The van der Waals surface area contributed by atoms with Crippen LogP contribution in [0.4, 0.5) is 0 Å². The number of benzene rings is 2. The van der Waals surface area contributed by atoms with Crippen molar-refractivity contribution in [1.82, 2.24) is 4.90 Å². The molecule has 0 spiro atoms. The van der Waals surface area contributed by atoms with E-state index in [1.165, 1.54) is 4.90 Å². The molecule has 1 aliphatic heterocycles. The van der Waals surface area contributed by atoms with Crippen LogP contribution < -0.4 is 10.5 Å². The van der Waals surface area contributed by atoms with Gasteiger partial charge in [-0.1, -0.05) is 30.3 Å². The van der Waals surface area contributed by atoms with Crippen molar-refractivity contribution in [2.45, 2.75) is 25.2 Å². The highest BCUT2D eigenvalue weighted by Crippen LogP contribution is 2.22. The second kappa shape index (κ2) is 7.42. The van der Waals surface area contributed by atoms with E-state index >= 15 is 0 Å². The van der Waals surface area contributed by atoms with Gasteiger partial charge in [-0.2, -0.15) is 0 Å². The Morgan fingerprint density at radius 1 is 1.15 bits per heavy atom. The number of rotatable bonds is 4. The summed E-state index contributed by atoms with van der Waals surface area (Å²) in [6, 6.07) is 17.1. The van der Waals surface area contributed by atoms with E-state index in [0.717, 1.165) is 16.5 Å². The zero-order valence-electron chi connectivity index (χ0n) is 14.9. The van der Waals surface area contributed by atoms with Crippen molar-refractivity contribution in [3.63, 3.8) is 0 Å². The molecule has 1 aliphatic rings. The number of fused-ring (bicyclic) bond motifs is 1. The molecule has 2 aromatic carbocycles. The summed E-state index contributed by atoms with van der Waals surface area (Å²) in [5.41, 5.74) is 5.88. The molecule has 2 atom stereocenters. The Hall–Kier alpha value is -2.83. The maximum absolute atomic E-state index is 12.5. The van der Waals surface area contributed by atoms with E-state index in [1.54, 1.807) is 12.1 Å². The van der Waals surface area contributed by atoms with E-state index in [9.17, 15) is 9.90 Å². The minimum Gasteiger partial charge on any atom is -0.486 e. The van der Waals surface area contributed by atoms with Gasteiger partial charge in [0.15, 0.2) is 5.76 Å². The first kappa shape index (κ1) is 17.6. The molecule has 0 bridgehead atoms. The number of amides is 1. The topological polar surface area (TPSA) is 88.9 Å². The third-order valence-electron chi connectivity index (χ3n) is 4.72. The first-order chi connectivity index (χ1) is 13.1. The van der Waals surface area contributed by atoms with Gasteiger partial charge in [0, 0.05) is 19.1 Å². The van der Waals surface area contributed by atoms with E-state index in [2.05, 4.69) is 0 Å². The molecule has 2 unspecified atom stereocenters. The molecular weight excluding hydrogens is 344 g/mol. The van der Waals surface area contributed by atoms with Gasteiger partial charge in [-0.25, -0.2) is 0 Å². The number of nitrogens with two attached hydrogens (primary N) is 1. The molecule has 0 aliphatic carbocycles. The third kappa shape index (κ3) is 3.97. The number of carbonyl (C=O) groups is 1. The van der Waals surface area contributed by atoms with Crippen molar-refractivity contribution in [1.29, 1.82) is 0 Å². The van der Waals surface area contributed by atoms with Crippen molar-refractivity contribution in [2.24, 2.45) is 5.73 Å². The Kier molecular flexibility index (Phi) is 4.83. The number of furan rings is 1. The van der Waals surface area contributed by atoms with E-state index in [4.69, 9.17) is 14.9 Å². The number of likely N-dealkylation sites (tertiary alicyclic amines) is 1. The monoisotopic (exact) mass is 366 g/mol. The number of piperidine rings is 1. The van der Waals surface area contributed by atoms with Crippen molar-refractivity contribution >= 4 is 16.7 Å². The van der Waals surface area contributed by atoms with Gasteiger partial charge >= 0.3 is 0 Å². The SMILES string of the molecule is NC1CC(O)CN(C(=O)c2ccc(COc3ccc4ccccc4c3)o2)C1. The van der Waals surface area contributed by atoms with E-state index in [-0.39, 0.29) is 30.9 Å². The van der Waals surface area contributed by atoms with Crippen LogP contribution in [0.5, 0.6) is 5.75 Å². The summed E-state index contributed by atoms with van der Waals surface area (Å²) in [7, 11) is 0. The quantitative estimate of drug-likeness (QED) is 0.741. The number of aliphatic hydroxyl groups is 1. The summed E-state index contributed by atoms with van der Waals surface area (Å²) in [5.74, 6) is 1.27. The van der Waals surface area contributed by atoms with Gasteiger partial charge in [0.05, 0.1) is 6.10 Å². The standard InChI is InChI=1S/C21H22N2O4/c22-16-10-17(24)12-23(11-16)21(25)20-8-7-19(27-20)13-26-18-6-5-14-3-1-2-4-15(14)9-18/h1-9,16-17,24H,10-13,22H2. The van der Waals surface area contributed by atoms with Gasteiger partial charge in [-0.15, -0.1) is 0 Å². The van der Waals surface area contributed by atoms with Crippen LogP contribution in [0.25, 0.3) is 10.8 Å². The van der Waals surface area contributed by atoms with Crippen LogP contribution in [0.3, 0.4) is 0 Å². The van der Waals surface area contributed by atoms with Crippen LogP contribution >= 0.6 is 0 Å². The molecule has 27 heavy (non-hydrogen) atoms. The van der Waals surface area contributed by atoms with Crippen LogP contribution in [0.1, 0.15) is 22.7 Å². The molecule has 1 fully saturated rings. The minimum absolute atomic E-state index is 0.219. The minimum atomic E-state index is -0.594. The number of hydrogen-bond acceptors (Lipinski definition) is 5. The molecular formula is C21H22N2O4. The maximum atomic E-state index is 12.5. The summed E-state index contributed by atoms with van der Waals surface area (Å²) in [6.07, 6.45) is -0.0874. The van der Waals surface area contributed by atoms with Gasteiger partial charge in [-0.3, -0.25) is 4.79 Å². The average Bonchev–Trinajstić information content (AvgIpc) is 3.14. The number of nitrogens with zero attached hydrogens (tertiary/aromatic N) is 1. The Bertz CT molecular complexity index is 942. The summed E-state index contributed by atoms with van der Waals surface area (Å²) < 4.78 is 11.4. The van der Waals surface area contributed by atoms with Gasteiger partial charge in [0.25, 0.3) is 5.91 Å². The van der Waals surface area contributed by atoms with Crippen LogP contribution in [0.15, 0.2) is 59.0 Å². The molecule has 2 heterocycles. The smallest absolute Gasteiger partial charge is 0.289 e. The summed E-state index contributed by atoms with van der Waals surface area (Å²) >= 11 is 0. The fourth-order valence-electron chi connectivity index (χ4n) is 3.41. The van der Waals surface area contributed by atoms with E-state index < -0.39 is 6.10 Å². The summed E-state index contributed by atoms with van der Waals surface area (Å²) in [5, 5.41) is 12.1. The number of ether oxygens (including phenoxy) is 1. The molecule has 3 N–H and O–H groups in total. The number of hydrogen-bond donors (Lipinski definition) is 2. The van der Waals surface area contributed by atoms with Crippen LogP contribution in [-0.4, -0.2) is 41.1 Å². The molecule has 1 aromatic heterocycles. The lowest BCUT2D eigenvalue weighted by Gasteiger charge is -2.33. The molecule has 3 aromatic rings. The summed E-state index contributed by atoms with van der Waals surface area (Å²) in [4.78, 5) is 14.1. The lowest BCUT2D eigenvalue weighted by Crippen LogP contribution is -2.51. The molecule has 140 valence electrons. The van der Waals surface area contributed by atoms with Gasteiger partial charge in [0.1, 0.15) is 18.1 Å². The fraction of sp³-hybridized carbons (Fsp3) is 0.286. The van der Waals surface area contributed by atoms with E-state index in [1.807, 2.05) is 42.5 Å². The average molecular weight is 366 g/mol. The number of β-amino-alcohol motifs (C(OH)–C–C–N with tert-alkyl or cyclic N) is 1. The molecule has 6 nitrogen and oxygen atoms in total. The third-order valence-corrected chi connectivity index (χ3v) is 4.72. The second-order valence-corrected chi connectivity index (χ2v) is 6.92. The Balaban J connectivity index is 1.40. The lowest BCUT2D eigenvalue weighted by molar-refractivity contribution is 0.0397. The van der Waals surface area contributed by atoms with Crippen LogP contribution in [0.2, 0.25) is 0 Å². The first-order valence-corrected chi connectivity index (χ1v) is 9.02. The second-order valence-electron chi connectivity index (χ2n) is 6.92. The molecule has 0 saturated carbocycles. The van der Waals surface area contributed by atoms with Crippen LogP contribution in [0, 0.1) is 0 Å². The highest BCUT2D eigenvalue weighted by atomic mass is 16.5. The Morgan fingerprint density at radius 2 is 1.96 bits per heavy atom. The van der Waals surface area contributed by atoms with Crippen molar-refractivity contribution in [2.75, 3.05) is 13.1 Å².